The number of carbonyl (C=O) groups excluding carboxylic acids is 1. The summed E-state index contributed by atoms with van der Waals surface area (Å²) in [6, 6.07) is 3.56. The molecule has 94 valence electrons. The fourth-order valence-corrected chi connectivity index (χ4v) is 1.89. The third-order valence-corrected chi connectivity index (χ3v) is 2.88. The molecule has 1 N–H and O–H groups in total. The van der Waals surface area contributed by atoms with Crippen molar-refractivity contribution in [1.82, 2.24) is 10.3 Å². The Kier molecular flexibility index (Phi) is 6.65. The molecule has 1 heterocycles. The second-order valence-electron chi connectivity index (χ2n) is 3.37. The number of nitrogens with zero attached hydrogens (tertiary/aromatic N) is 1. The van der Waals surface area contributed by atoms with Crippen molar-refractivity contribution in [2.24, 2.45) is 0 Å². The predicted octanol–water partition coefficient (Wildman–Crippen LogP) is 1.96. The summed E-state index contributed by atoms with van der Waals surface area (Å²) in [6.07, 6.45) is 4.43. The van der Waals surface area contributed by atoms with Crippen LogP contribution >= 0.6 is 11.8 Å². The summed E-state index contributed by atoms with van der Waals surface area (Å²) >= 11 is 1.47. The topological polar surface area (TPSA) is 51.2 Å². The first-order valence-electron chi connectivity index (χ1n) is 5.64. The van der Waals surface area contributed by atoms with Gasteiger partial charge >= 0.3 is 0 Å². The SMILES string of the molecule is CCOCCCNC(=O)c1cccnc1SC. The quantitative estimate of drug-likeness (QED) is 0.597. The molecule has 0 radical (unpaired) electrons. The van der Waals surface area contributed by atoms with E-state index in [4.69, 9.17) is 4.74 Å². The molecule has 4 nitrogen and oxygen atoms in total. The Hall–Kier alpha value is -1.07. The Morgan fingerprint density at radius 2 is 2.41 bits per heavy atom. The van der Waals surface area contributed by atoms with Gasteiger partial charge < -0.3 is 10.1 Å². The van der Waals surface area contributed by atoms with Crippen LogP contribution in [0.15, 0.2) is 23.4 Å². The van der Waals surface area contributed by atoms with E-state index in [1.165, 1.54) is 11.8 Å². The van der Waals surface area contributed by atoms with Gasteiger partial charge in [0.2, 0.25) is 0 Å². The number of hydrogen-bond donors (Lipinski definition) is 1. The van der Waals surface area contributed by atoms with E-state index in [0.29, 0.717) is 25.3 Å². The highest BCUT2D eigenvalue weighted by Crippen LogP contribution is 2.16. The van der Waals surface area contributed by atoms with Gasteiger partial charge in [0, 0.05) is 26.0 Å². The molecule has 0 aliphatic rings. The number of nitrogens with one attached hydrogen (secondary N) is 1. The first-order valence-corrected chi connectivity index (χ1v) is 6.87. The van der Waals surface area contributed by atoms with E-state index in [1.54, 1.807) is 18.3 Å². The minimum atomic E-state index is -0.0704. The molecular formula is C12H18N2O2S. The van der Waals surface area contributed by atoms with Crippen molar-refractivity contribution < 1.29 is 9.53 Å². The summed E-state index contributed by atoms with van der Waals surface area (Å²) in [5.41, 5.74) is 0.636. The first-order chi connectivity index (χ1) is 8.29. The predicted molar refractivity (Wildman–Crippen MR) is 69.5 cm³/mol. The number of aromatic nitrogens is 1. The van der Waals surface area contributed by atoms with Crippen molar-refractivity contribution in [3.05, 3.63) is 23.9 Å². The van der Waals surface area contributed by atoms with Gasteiger partial charge in [-0.2, -0.15) is 0 Å². The van der Waals surface area contributed by atoms with Crippen molar-refractivity contribution in [3.8, 4) is 0 Å². The molecule has 0 aromatic carbocycles. The molecule has 0 fully saturated rings. The molecule has 1 aromatic rings. The zero-order chi connectivity index (χ0) is 12.5. The summed E-state index contributed by atoms with van der Waals surface area (Å²) in [5.74, 6) is -0.0704. The number of hydrogen-bond acceptors (Lipinski definition) is 4. The van der Waals surface area contributed by atoms with Gasteiger partial charge in [0.1, 0.15) is 5.03 Å². The molecule has 17 heavy (non-hydrogen) atoms. The van der Waals surface area contributed by atoms with Crippen molar-refractivity contribution in [2.45, 2.75) is 18.4 Å². The number of carbonyl (C=O) groups is 1. The second kappa shape index (κ2) is 8.08. The minimum Gasteiger partial charge on any atom is -0.382 e. The van der Waals surface area contributed by atoms with Gasteiger partial charge in [-0.3, -0.25) is 4.79 Å². The van der Waals surface area contributed by atoms with Crippen LogP contribution in [0.1, 0.15) is 23.7 Å². The van der Waals surface area contributed by atoms with Gasteiger partial charge in [0.25, 0.3) is 5.91 Å². The minimum absolute atomic E-state index is 0.0704. The normalized spacial score (nSPS) is 10.2. The maximum Gasteiger partial charge on any atom is 0.254 e. The van der Waals surface area contributed by atoms with E-state index < -0.39 is 0 Å². The Labute approximate surface area is 106 Å². The molecule has 0 unspecified atom stereocenters. The molecule has 1 aromatic heterocycles. The smallest absolute Gasteiger partial charge is 0.254 e. The number of ether oxygens (including phenoxy) is 1. The average Bonchev–Trinajstić information content (AvgIpc) is 2.38. The van der Waals surface area contributed by atoms with Crippen molar-refractivity contribution in [1.29, 1.82) is 0 Å². The molecule has 1 amide bonds. The van der Waals surface area contributed by atoms with E-state index in [-0.39, 0.29) is 5.91 Å². The zero-order valence-corrected chi connectivity index (χ0v) is 11.0. The van der Waals surface area contributed by atoms with Gasteiger partial charge in [-0.05, 0) is 31.7 Å². The monoisotopic (exact) mass is 254 g/mol. The zero-order valence-electron chi connectivity index (χ0n) is 10.2. The van der Waals surface area contributed by atoms with E-state index in [2.05, 4.69) is 10.3 Å². The maximum absolute atomic E-state index is 11.9. The fraction of sp³-hybridized carbons (Fsp3) is 0.500. The second-order valence-corrected chi connectivity index (χ2v) is 4.16. The van der Waals surface area contributed by atoms with Crippen LogP contribution in [0.25, 0.3) is 0 Å². The molecule has 1 rings (SSSR count). The standard InChI is InChI=1S/C12H18N2O2S/c1-3-16-9-5-8-13-11(15)10-6-4-7-14-12(10)17-2/h4,6-7H,3,5,8-9H2,1-2H3,(H,13,15). The van der Waals surface area contributed by atoms with Gasteiger partial charge in [0.15, 0.2) is 0 Å². The fourth-order valence-electron chi connectivity index (χ4n) is 1.34. The van der Waals surface area contributed by atoms with Crippen molar-refractivity contribution in [3.63, 3.8) is 0 Å². The van der Waals surface area contributed by atoms with Crippen molar-refractivity contribution in [2.75, 3.05) is 26.0 Å². The van der Waals surface area contributed by atoms with E-state index in [0.717, 1.165) is 11.4 Å². The maximum atomic E-state index is 11.9. The van der Waals surface area contributed by atoms with Crippen LogP contribution in [-0.4, -0.2) is 36.9 Å². The third-order valence-electron chi connectivity index (χ3n) is 2.16. The van der Waals surface area contributed by atoms with Crippen LogP contribution in [0.3, 0.4) is 0 Å². The Balaban J connectivity index is 2.41. The molecule has 0 atom stereocenters. The molecular weight excluding hydrogens is 236 g/mol. The van der Waals surface area contributed by atoms with Gasteiger partial charge in [-0.15, -0.1) is 11.8 Å². The number of amides is 1. The Morgan fingerprint density at radius 1 is 1.59 bits per heavy atom. The molecule has 0 bridgehead atoms. The van der Waals surface area contributed by atoms with Crippen molar-refractivity contribution >= 4 is 17.7 Å². The average molecular weight is 254 g/mol. The van der Waals surface area contributed by atoms with Crippen LogP contribution < -0.4 is 5.32 Å². The third kappa shape index (κ3) is 4.75. The highest BCUT2D eigenvalue weighted by atomic mass is 32.2. The van der Waals surface area contributed by atoms with E-state index in [9.17, 15) is 4.79 Å². The van der Waals surface area contributed by atoms with Gasteiger partial charge in [-0.1, -0.05) is 0 Å². The van der Waals surface area contributed by atoms with Crippen LogP contribution in [-0.2, 0) is 4.74 Å². The number of rotatable bonds is 7. The lowest BCUT2D eigenvalue weighted by atomic mass is 10.2. The van der Waals surface area contributed by atoms with Crippen LogP contribution in [0.2, 0.25) is 0 Å². The van der Waals surface area contributed by atoms with E-state index in [1.807, 2.05) is 13.2 Å². The number of pyridine rings is 1. The summed E-state index contributed by atoms with van der Waals surface area (Å²) in [5, 5.41) is 3.62. The van der Waals surface area contributed by atoms with Gasteiger partial charge in [-0.25, -0.2) is 4.98 Å². The lowest BCUT2D eigenvalue weighted by Gasteiger charge is -2.07. The Bertz CT molecular complexity index is 358. The Morgan fingerprint density at radius 3 is 3.12 bits per heavy atom. The van der Waals surface area contributed by atoms with Gasteiger partial charge in [0.05, 0.1) is 5.56 Å². The number of thioether (sulfide) groups is 1. The molecule has 0 saturated heterocycles. The molecule has 0 aliphatic heterocycles. The van der Waals surface area contributed by atoms with Crippen LogP contribution in [0, 0.1) is 0 Å². The summed E-state index contributed by atoms with van der Waals surface area (Å²) in [4.78, 5) is 16.0. The lowest BCUT2D eigenvalue weighted by molar-refractivity contribution is 0.0940. The molecule has 0 saturated carbocycles. The summed E-state index contributed by atoms with van der Waals surface area (Å²) in [6.45, 7) is 3.98. The summed E-state index contributed by atoms with van der Waals surface area (Å²) < 4.78 is 5.20. The summed E-state index contributed by atoms with van der Waals surface area (Å²) in [7, 11) is 0. The van der Waals surface area contributed by atoms with Crippen LogP contribution in [0.5, 0.6) is 0 Å². The molecule has 0 spiro atoms. The first kappa shape index (κ1) is 14.0. The van der Waals surface area contributed by atoms with E-state index >= 15 is 0 Å². The molecule has 5 heteroatoms. The van der Waals surface area contributed by atoms with Crippen LogP contribution in [0.4, 0.5) is 0 Å². The highest BCUT2D eigenvalue weighted by molar-refractivity contribution is 7.98. The molecule has 0 aliphatic carbocycles. The largest absolute Gasteiger partial charge is 0.382 e. The highest BCUT2D eigenvalue weighted by Gasteiger charge is 2.10. The lowest BCUT2D eigenvalue weighted by Crippen LogP contribution is -2.26.